The summed E-state index contributed by atoms with van der Waals surface area (Å²) in [6.45, 7) is 0. The van der Waals surface area contributed by atoms with Gasteiger partial charge in [-0.25, -0.2) is 4.39 Å². The van der Waals surface area contributed by atoms with E-state index in [-0.39, 0.29) is 17.3 Å². The molecule has 0 amide bonds. The minimum absolute atomic E-state index is 0.213. The first-order valence-corrected chi connectivity index (χ1v) is 10.4. The molecule has 0 unspecified atom stereocenters. The van der Waals surface area contributed by atoms with Crippen LogP contribution in [-0.2, 0) is 5.88 Å². The van der Waals surface area contributed by atoms with Crippen molar-refractivity contribution in [2.45, 2.75) is 11.0 Å². The number of rotatable bonds is 5. The average Bonchev–Trinajstić information content (AvgIpc) is 3.24. The molecule has 3 aromatic carbocycles. The van der Waals surface area contributed by atoms with Crippen LogP contribution in [-0.4, -0.2) is 29.8 Å². The lowest BCUT2D eigenvalue weighted by molar-refractivity contribution is 0.628. The summed E-state index contributed by atoms with van der Waals surface area (Å²) in [6.07, 6.45) is 0. The molecular formula is C22H15FN6OS. The van der Waals surface area contributed by atoms with Gasteiger partial charge in [0.25, 0.3) is 5.56 Å². The van der Waals surface area contributed by atoms with E-state index in [4.69, 9.17) is 0 Å². The molecule has 0 radical (unpaired) electrons. The number of halogens is 1. The average molecular weight is 430 g/mol. The summed E-state index contributed by atoms with van der Waals surface area (Å²) >= 11 is 1.31. The normalized spacial score (nSPS) is 11.1. The Balaban J connectivity index is 1.53. The number of hydrogen-bond donors (Lipinski definition) is 0. The maximum Gasteiger partial charge on any atom is 0.278 e. The van der Waals surface area contributed by atoms with Gasteiger partial charge >= 0.3 is 0 Å². The van der Waals surface area contributed by atoms with E-state index in [0.29, 0.717) is 21.9 Å². The Hall–Kier alpha value is -3.85. The fourth-order valence-electron chi connectivity index (χ4n) is 3.19. The van der Waals surface area contributed by atoms with Crippen molar-refractivity contribution >= 4 is 22.7 Å². The van der Waals surface area contributed by atoms with E-state index in [9.17, 15) is 9.18 Å². The lowest BCUT2D eigenvalue weighted by atomic mass is 10.2. The highest BCUT2D eigenvalue weighted by Crippen LogP contribution is 2.28. The molecule has 0 saturated heterocycles. The zero-order valence-corrected chi connectivity index (χ0v) is 16.9. The highest BCUT2D eigenvalue weighted by Gasteiger charge is 2.17. The molecule has 7 nitrogen and oxygen atoms in total. The van der Waals surface area contributed by atoms with E-state index in [1.54, 1.807) is 30.3 Å². The zero-order chi connectivity index (χ0) is 21.2. The molecule has 0 aliphatic carbocycles. The minimum Gasteiger partial charge on any atom is -0.270 e. The summed E-state index contributed by atoms with van der Waals surface area (Å²) in [6, 6.07) is 22.8. The predicted molar refractivity (Wildman–Crippen MR) is 116 cm³/mol. The first-order chi connectivity index (χ1) is 15.2. The van der Waals surface area contributed by atoms with Crippen LogP contribution in [0.2, 0.25) is 0 Å². The third-order valence-corrected chi connectivity index (χ3v) is 5.59. The molecule has 0 aliphatic heterocycles. The van der Waals surface area contributed by atoms with Gasteiger partial charge in [0.15, 0.2) is 11.0 Å². The molecule has 0 saturated carbocycles. The van der Waals surface area contributed by atoms with Gasteiger partial charge in [-0.05, 0) is 48.5 Å². The van der Waals surface area contributed by atoms with Crippen molar-refractivity contribution in [3.8, 4) is 17.1 Å². The number of benzene rings is 3. The zero-order valence-electron chi connectivity index (χ0n) is 16.1. The van der Waals surface area contributed by atoms with Gasteiger partial charge in [0, 0.05) is 11.3 Å². The lowest BCUT2D eigenvalue weighted by Crippen LogP contribution is -2.23. The van der Waals surface area contributed by atoms with Gasteiger partial charge in [-0.3, -0.25) is 9.36 Å². The second-order valence-corrected chi connectivity index (χ2v) is 7.58. The fourth-order valence-corrected chi connectivity index (χ4v) is 4.01. The summed E-state index contributed by atoms with van der Waals surface area (Å²) < 4.78 is 16.6. The summed E-state index contributed by atoms with van der Waals surface area (Å²) in [5.41, 5.74) is 1.92. The molecule has 0 bridgehead atoms. The number of hydrogen-bond acceptors (Lipinski definition) is 6. The highest BCUT2D eigenvalue weighted by molar-refractivity contribution is 7.98. The third kappa shape index (κ3) is 3.71. The van der Waals surface area contributed by atoms with Crippen LogP contribution in [0.15, 0.2) is 88.8 Å². The van der Waals surface area contributed by atoms with Crippen LogP contribution in [0.5, 0.6) is 0 Å². The van der Waals surface area contributed by atoms with E-state index in [2.05, 4.69) is 20.5 Å². The standard InChI is InChI=1S/C22H15FN6OS/c23-16-12-10-15(11-13-16)20-25-26-22(29(20)17-6-2-1-3-7-17)31-14-28-21(30)18-8-4-5-9-19(18)24-27-28/h1-13H,14H2. The van der Waals surface area contributed by atoms with Crippen molar-refractivity contribution in [2.75, 3.05) is 0 Å². The molecule has 0 atom stereocenters. The van der Waals surface area contributed by atoms with Gasteiger partial charge < -0.3 is 0 Å². The topological polar surface area (TPSA) is 78.5 Å². The number of para-hydroxylation sites is 1. The van der Waals surface area contributed by atoms with Crippen molar-refractivity contribution in [3.05, 3.63) is 95.0 Å². The number of thioether (sulfide) groups is 1. The van der Waals surface area contributed by atoms with Crippen molar-refractivity contribution in [2.24, 2.45) is 0 Å². The highest BCUT2D eigenvalue weighted by atomic mass is 32.2. The monoisotopic (exact) mass is 430 g/mol. The first kappa shape index (κ1) is 19.1. The Labute approximate surface area is 180 Å². The Bertz CT molecular complexity index is 1420. The van der Waals surface area contributed by atoms with Crippen LogP contribution in [0.3, 0.4) is 0 Å². The molecule has 152 valence electrons. The molecule has 2 heterocycles. The second-order valence-electron chi connectivity index (χ2n) is 6.67. The van der Waals surface area contributed by atoms with Gasteiger partial charge in [-0.1, -0.05) is 47.3 Å². The molecule has 0 fully saturated rings. The minimum atomic E-state index is -0.321. The molecule has 2 aromatic heterocycles. The Kier molecular flexibility index (Phi) is 5.01. The second kappa shape index (κ2) is 8.11. The molecule has 0 N–H and O–H groups in total. The summed E-state index contributed by atoms with van der Waals surface area (Å²) in [7, 11) is 0. The molecule has 0 spiro atoms. The Morgan fingerprint density at radius 2 is 1.58 bits per heavy atom. The van der Waals surface area contributed by atoms with Gasteiger partial charge in [-0.15, -0.1) is 15.3 Å². The van der Waals surface area contributed by atoms with Gasteiger partial charge in [-0.2, -0.15) is 4.68 Å². The van der Waals surface area contributed by atoms with Crippen LogP contribution in [0, 0.1) is 5.82 Å². The summed E-state index contributed by atoms with van der Waals surface area (Å²) in [5, 5.41) is 17.9. The van der Waals surface area contributed by atoms with E-state index < -0.39 is 0 Å². The third-order valence-electron chi connectivity index (χ3n) is 4.70. The van der Waals surface area contributed by atoms with E-state index in [0.717, 1.165) is 11.3 Å². The van der Waals surface area contributed by atoms with Crippen molar-refractivity contribution in [1.29, 1.82) is 0 Å². The summed E-state index contributed by atoms with van der Waals surface area (Å²) in [5.74, 6) is 0.467. The SMILES string of the molecule is O=c1c2ccccc2nnn1CSc1nnc(-c2ccc(F)cc2)n1-c1ccccc1. The quantitative estimate of drug-likeness (QED) is 0.393. The number of aromatic nitrogens is 6. The fraction of sp³-hybridized carbons (Fsp3) is 0.0455. The Morgan fingerprint density at radius 1 is 0.839 bits per heavy atom. The molecule has 9 heteroatoms. The number of fused-ring (bicyclic) bond motifs is 1. The van der Waals surface area contributed by atoms with Gasteiger partial charge in [0.2, 0.25) is 0 Å². The summed E-state index contributed by atoms with van der Waals surface area (Å²) in [4.78, 5) is 12.7. The largest absolute Gasteiger partial charge is 0.278 e. The molecular weight excluding hydrogens is 415 g/mol. The van der Waals surface area contributed by atoms with E-state index >= 15 is 0 Å². The van der Waals surface area contributed by atoms with Gasteiger partial charge in [0.05, 0.1) is 11.3 Å². The maximum atomic E-state index is 13.4. The number of nitrogens with zero attached hydrogens (tertiary/aromatic N) is 6. The molecule has 5 rings (SSSR count). The van der Waals surface area contributed by atoms with E-state index in [1.807, 2.05) is 41.0 Å². The molecule has 5 aromatic rings. The first-order valence-electron chi connectivity index (χ1n) is 9.43. The van der Waals surface area contributed by atoms with Crippen molar-refractivity contribution in [1.82, 2.24) is 29.8 Å². The molecule has 0 aliphatic rings. The van der Waals surface area contributed by atoms with Gasteiger partial charge in [0.1, 0.15) is 11.3 Å². The molecule has 31 heavy (non-hydrogen) atoms. The van der Waals surface area contributed by atoms with Crippen LogP contribution < -0.4 is 5.56 Å². The smallest absolute Gasteiger partial charge is 0.270 e. The van der Waals surface area contributed by atoms with Crippen LogP contribution in [0.1, 0.15) is 0 Å². The van der Waals surface area contributed by atoms with Crippen LogP contribution in [0.25, 0.3) is 28.0 Å². The van der Waals surface area contributed by atoms with Crippen molar-refractivity contribution in [3.63, 3.8) is 0 Å². The van der Waals surface area contributed by atoms with Crippen LogP contribution >= 0.6 is 11.8 Å². The predicted octanol–water partition coefficient (Wildman–Crippen LogP) is 3.93. The Morgan fingerprint density at radius 3 is 2.39 bits per heavy atom. The lowest BCUT2D eigenvalue weighted by Gasteiger charge is -2.10. The maximum absolute atomic E-state index is 13.4. The van der Waals surface area contributed by atoms with E-state index in [1.165, 1.54) is 28.6 Å². The van der Waals surface area contributed by atoms with Crippen molar-refractivity contribution < 1.29 is 4.39 Å². The van der Waals surface area contributed by atoms with Crippen LogP contribution in [0.4, 0.5) is 4.39 Å².